The van der Waals surface area contributed by atoms with E-state index in [0.717, 1.165) is 0 Å². The molecule has 0 aromatic rings. The van der Waals surface area contributed by atoms with Gasteiger partial charge in [0.05, 0.1) is 12.9 Å². The Morgan fingerprint density at radius 3 is 2.60 bits per heavy atom. The number of alkyl halides is 2. The van der Waals surface area contributed by atoms with Crippen LogP contribution in [0.15, 0.2) is 4.99 Å². The monoisotopic (exact) mass is 150 g/mol. The van der Waals surface area contributed by atoms with Crippen molar-refractivity contribution in [2.75, 3.05) is 20.1 Å². The van der Waals surface area contributed by atoms with Crippen molar-refractivity contribution in [3.63, 3.8) is 0 Å². The van der Waals surface area contributed by atoms with Gasteiger partial charge in [0.25, 0.3) is 6.43 Å². The molecule has 0 atom stereocenters. The summed E-state index contributed by atoms with van der Waals surface area (Å²) in [5.74, 6) is 0. The summed E-state index contributed by atoms with van der Waals surface area (Å²) in [5.41, 5.74) is 0. The zero-order chi connectivity index (χ0) is 7.98. The van der Waals surface area contributed by atoms with E-state index in [0.29, 0.717) is 6.54 Å². The van der Waals surface area contributed by atoms with Crippen LogP contribution in [0, 0.1) is 0 Å². The second-order valence-corrected chi connectivity index (χ2v) is 1.94. The minimum absolute atomic E-state index is 0.247. The molecular formula is C6H12F2N2. The van der Waals surface area contributed by atoms with Gasteiger partial charge >= 0.3 is 0 Å². The average Bonchev–Trinajstić information content (AvgIpc) is 1.82. The molecule has 0 aliphatic heterocycles. The number of halogens is 2. The smallest absolute Gasteiger partial charge is 0.255 e. The highest BCUT2D eigenvalue weighted by Crippen LogP contribution is 1.92. The van der Waals surface area contributed by atoms with Crippen LogP contribution >= 0.6 is 0 Å². The van der Waals surface area contributed by atoms with Crippen LogP contribution in [0.3, 0.4) is 0 Å². The van der Waals surface area contributed by atoms with E-state index < -0.39 is 6.43 Å². The molecule has 0 aromatic carbocycles. The van der Waals surface area contributed by atoms with Crippen LogP contribution in [0.2, 0.25) is 0 Å². The van der Waals surface area contributed by atoms with Gasteiger partial charge in [-0.25, -0.2) is 8.78 Å². The summed E-state index contributed by atoms with van der Waals surface area (Å²) >= 11 is 0. The maximum Gasteiger partial charge on any atom is 0.255 e. The Morgan fingerprint density at radius 1 is 1.60 bits per heavy atom. The molecule has 10 heavy (non-hydrogen) atoms. The van der Waals surface area contributed by atoms with Gasteiger partial charge in [0.1, 0.15) is 0 Å². The van der Waals surface area contributed by atoms with Gasteiger partial charge < -0.3 is 4.90 Å². The van der Waals surface area contributed by atoms with Crippen molar-refractivity contribution < 1.29 is 8.78 Å². The number of hydrogen-bond donors (Lipinski definition) is 0. The molecule has 0 heterocycles. The van der Waals surface area contributed by atoms with E-state index in [1.807, 2.05) is 6.92 Å². The van der Waals surface area contributed by atoms with Gasteiger partial charge in [0.15, 0.2) is 0 Å². The molecule has 0 aliphatic carbocycles. The van der Waals surface area contributed by atoms with E-state index in [1.165, 1.54) is 11.2 Å². The number of aliphatic imine (C=N–C) groups is 1. The van der Waals surface area contributed by atoms with Crippen molar-refractivity contribution in [1.82, 2.24) is 4.90 Å². The van der Waals surface area contributed by atoms with E-state index in [9.17, 15) is 8.78 Å². The van der Waals surface area contributed by atoms with E-state index in [1.54, 1.807) is 7.05 Å². The fraction of sp³-hybridized carbons (Fsp3) is 0.833. The second-order valence-electron chi connectivity index (χ2n) is 1.94. The highest BCUT2D eigenvalue weighted by molar-refractivity contribution is 5.54. The molecule has 0 N–H and O–H groups in total. The van der Waals surface area contributed by atoms with Gasteiger partial charge in [-0.2, -0.15) is 0 Å². The lowest BCUT2D eigenvalue weighted by Crippen LogP contribution is -2.22. The first-order valence-electron chi connectivity index (χ1n) is 3.15. The third-order valence-corrected chi connectivity index (χ3v) is 0.887. The first-order chi connectivity index (χ1) is 4.66. The molecule has 4 heteroatoms. The SMILES string of the molecule is CC/N=C\N(C)CC(F)F. The van der Waals surface area contributed by atoms with Gasteiger partial charge in [-0.15, -0.1) is 0 Å². The first kappa shape index (κ1) is 9.33. The molecule has 0 fully saturated rings. The zero-order valence-electron chi connectivity index (χ0n) is 6.22. The van der Waals surface area contributed by atoms with Crippen LogP contribution in [-0.4, -0.2) is 37.8 Å². The molecule has 0 aromatic heterocycles. The van der Waals surface area contributed by atoms with Crippen molar-refractivity contribution in [3.8, 4) is 0 Å². The average molecular weight is 150 g/mol. The zero-order valence-corrected chi connectivity index (χ0v) is 6.22. The lowest BCUT2D eigenvalue weighted by molar-refractivity contribution is 0.125. The standard InChI is InChI=1S/C6H12F2N2/c1-3-9-5-10(2)4-6(7)8/h5-6H,3-4H2,1-2H3/b9-5-. The fourth-order valence-corrected chi connectivity index (χ4v) is 0.486. The summed E-state index contributed by atoms with van der Waals surface area (Å²) in [4.78, 5) is 5.16. The van der Waals surface area contributed by atoms with Crippen molar-refractivity contribution in [1.29, 1.82) is 0 Å². The summed E-state index contributed by atoms with van der Waals surface area (Å²) < 4.78 is 23.2. The highest BCUT2D eigenvalue weighted by Gasteiger charge is 2.02. The summed E-state index contributed by atoms with van der Waals surface area (Å²) in [6.07, 6.45) is -0.861. The second kappa shape index (κ2) is 5.14. The maximum atomic E-state index is 11.6. The Hall–Kier alpha value is -0.670. The highest BCUT2D eigenvalue weighted by atomic mass is 19.3. The van der Waals surface area contributed by atoms with E-state index in [4.69, 9.17) is 0 Å². The predicted octanol–water partition coefficient (Wildman–Crippen LogP) is 1.23. The molecule has 0 aliphatic rings. The molecule has 0 spiro atoms. The Labute approximate surface area is 59.6 Å². The number of rotatable bonds is 4. The quantitative estimate of drug-likeness (QED) is 0.434. The van der Waals surface area contributed by atoms with Gasteiger partial charge in [-0.1, -0.05) is 0 Å². The predicted molar refractivity (Wildman–Crippen MR) is 37.7 cm³/mol. The van der Waals surface area contributed by atoms with Crippen molar-refractivity contribution >= 4 is 6.34 Å². The van der Waals surface area contributed by atoms with Gasteiger partial charge in [0, 0.05) is 13.6 Å². The third-order valence-electron chi connectivity index (χ3n) is 0.887. The van der Waals surface area contributed by atoms with Crippen LogP contribution in [0.4, 0.5) is 8.78 Å². The van der Waals surface area contributed by atoms with Crippen LogP contribution in [0.25, 0.3) is 0 Å². The molecule has 60 valence electrons. The minimum atomic E-state index is -2.28. The Balaban J connectivity index is 3.42. The van der Waals surface area contributed by atoms with Crippen LogP contribution in [-0.2, 0) is 0 Å². The maximum absolute atomic E-state index is 11.6. The lowest BCUT2D eigenvalue weighted by atomic mass is 10.6. The fourth-order valence-electron chi connectivity index (χ4n) is 0.486. The van der Waals surface area contributed by atoms with E-state index in [-0.39, 0.29) is 6.54 Å². The normalized spacial score (nSPS) is 11.3. The van der Waals surface area contributed by atoms with Crippen LogP contribution < -0.4 is 0 Å². The third kappa shape index (κ3) is 5.47. The Morgan fingerprint density at radius 2 is 2.20 bits per heavy atom. The summed E-state index contributed by atoms with van der Waals surface area (Å²) in [6.45, 7) is 2.24. The summed E-state index contributed by atoms with van der Waals surface area (Å²) in [5, 5.41) is 0. The Bertz CT molecular complexity index is 104. The van der Waals surface area contributed by atoms with Gasteiger partial charge in [0.2, 0.25) is 0 Å². The minimum Gasteiger partial charge on any atom is -0.360 e. The molecular weight excluding hydrogens is 138 g/mol. The molecule has 0 bridgehead atoms. The molecule has 0 rings (SSSR count). The first-order valence-corrected chi connectivity index (χ1v) is 3.15. The molecule has 2 nitrogen and oxygen atoms in total. The molecule has 0 radical (unpaired) electrons. The number of hydrogen-bond acceptors (Lipinski definition) is 1. The number of nitrogens with zero attached hydrogens (tertiary/aromatic N) is 2. The largest absolute Gasteiger partial charge is 0.360 e. The summed E-state index contributed by atoms with van der Waals surface area (Å²) in [6, 6.07) is 0. The molecule has 0 unspecified atom stereocenters. The van der Waals surface area contributed by atoms with E-state index in [2.05, 4.69) is 4.99 Å². The van der Waals surface area contributed by atoms with E-state index >= 15 is 0 Å². The lowest BCUT2D eigenvalue weighted by Gasteiger charge is -2.10. The van der Waals surface area contributed by atoms with Crippen molar-refractivity contribution in [2.45, 2.75) is 13.3 Å². The van der Waals surface area contributed by atoms with Gasteiger partial charge in [-0.05, 0) is 6.92 Å². The molecule has 0 saturated heterocycles. The van der Waals surface area contributed by atoms with Crippen LogP contribution in [0.5, 0.6) is 0 Å². The summed E-state index contributed by atoms with van der Waals surface area (Å²) in [7, 11) is 1.57. The Kier molecular flexibility index (Phi) is 4.80. The van der Waals surface area contributed by atoms with Crippen molar-refractivity contribution in [3.05, 3.63) is 0 Å². The van der Waals surface area contributed by atoms with Crippen molar-refractivity contribution in [2.24, 2.45) is 4.99 Å². The van der Waals surface area contributed by atoms with Crippen LogP contribution in [0.1, 0.15) is 6.92 Å². The van der Waals surface area contributed by atoms with Gasteiger partial charge in [-0.3, -0.25) is 4.99 Å². The topological polar surface area (TPSA) is 15.6 Å². The molecule has 0 amide bonds. The molecule has 0 saturated carbocycles.